The Bertz CT molecular complexity index is 762. The van der Waals surface area contributed by atoms with E-state index in [-0.39, 0.29) is 5.69 Å². The summed E-state index contributed by atoms with van der Waals surface area (Å²) in [4.78, 5) is 16.3. The molecule has 2 heterocycles. The van der Waals surface area contributed by atoms with E-state index in [0.717, 1.165) is 11.4 Å². The summed E-state index contributed by atoms with van der Waals surface area (Å²) in [5, 5.41) is 0.596. The molecular formula is C14H10ClN3O. The highest BCUT2D eigenvalue weighted by atomic mass is 35.5. The number of rotatable bonds is 2. The van der Waals surface area contributed by atoms with Crippen molar-refractivity contribution in [1.82, 2.24) is 14.1 Å². The van der Waals surface area contributed by atoms with Gasteiger partial charge in [-0.2, -0.15) is 0 Å². The van der Waals surface area contributed by atoms with Crippen molar-refractivity contribution in [2.45, 2.75) is 0 Å². The highest BCUT2D eigenvalue weighted by Crippen LogP contribution is 2.13. The molecule has 0 fully saturated rings. The molecule has 5 heteroatoms. The van der Waals surface area contributed by atoms with Gasteiger partial charge in [0, 0.05) is 23.6 Å². The lowest BCUT2D eigenvalue weighted by Crippen LogP contribution is -2.21. The van der Waals surface area contributed by atoms with Crippen molar-refractivity contribution in [3.8, 4) is 11.4 Å². The number of hydrogen-bond acceptors (Lipinski definition) is 2. The first-order valence-electron chi connectivity index (χ1n) is 5.72. The van der Waals surface area contributed by atoms with Gasteiger partial charge in [-0.05, 0) is 30.3 Å². The third-order valence-corrected chi connectivity index (χ3v) is 3.02. The van der Waals surface area contributed by atoms with E-state index < -0.39 is 0 Å². The van der Waals surface area contributed by atoms with E-state index in [2.05, 4.69) is 4.98 Å². The zero-order chi connectivity index (χ0) is 13.2. The Labute approximate surface area is 114 Å². The van der Waals surface area contributed by atoms with E-state index >= 15 is 0 Å². The van der Waals surface area contributed by atoms with Crippen molar-refractivity contribution in [1.29, 1.82) is 0 Å². The first kappa shape index (κ1) is 11.7. The third-order valence-electron chi connectivity index (χ3n) is 2.79. The van der Waals surface area contributed by atoms with Crippen LogP contribution >= 0.6 is 11.6 Å². The molecule has 0 amide bonds. The summed E-state index contributed by atoms with van der Waals surface area (Å²) in [7, 11) is 0. The van der Waals surface area contributed by atoms with E-state index in [1.54, 1.807) is 47.6 Å². The van der Waals surface area contributed by atoms with Crippen LogP contribution < -0.4 is 5.69 Å². The minimum Gasteiger partial charge on any atom is -0.268 e. The van der Waals surface area contributed by atoms with E-state index in [9.17, 15) is 4.79 Å². The van der Waals surface area contributed by atoms with Crippen LogP contribution in [0, 0.1) is 0 Å². The highest BCUT2D eigenvalue weighted by Gasteiger charge is 2.07. The smallest absolute Gasteiger partial charge is 0.268 e. The summed E-state index contributed by atoms with van der Waals surface area (Å²) in [6.07, 6.45) is 6.73. The van der Waals surface area contributed by atoms with Crippen LogP contribution in [0.5, 0.6) is 0 Å². The lowest BCUT2D eigenvalue weighted by atomic mass is 10.3. The van der Waals surface area contributed by atoms with Gasteiger partial charge in [0.2, 0.25) is 0 Å². The molecule has 0 aliphatic carbocycles. The molecule has 0 aliphatic rings. The number of benzene rings is 1. The van der Waals surface area contributed by atoms with Crippen LogP contribution in [0.1, 0.15) is 0 Å². The molecule has 4 nitrogen and oxygen atoms in total. The van der Waals surface area contributed by atoms with Crippen molar-refractivity contribution < 1.29 is 0 Å². The number of aromatic nitrogens is 3. The number of nitrogens with zero attached hydrogens (tertiary/aromatic N) is 3. The second-order valence-electron chi connectivity index (χ2n) is 4.01. The van der Waals surface area contributed by atoms with Crippen LogP contribution in [-0.2, 0) is 0 Å². The first-order valence-corrected chi connectivity index (χ1v) is 6.10. The molecule has 0 aliphatic heterocycles. The zero-order valence-corrected chi connectivity index (χ0v) is 10.7. The molecule has 3 aromatic rings. The molecule has 1 aromatic carbocycles. The van der Waals surface area contributed by atoms with Gasteiger partial charge in [-0.1, -0.05) is 17.7 Å². The molecule has 19 heavy (non-hydrogen) atoms. The van der Waals surface area contributed by atoms with Crippen LogP contribution in [0.25, 0.3) is 11.4 Å². The van der Waals surface area contributed by atoms with Gasteiger partial charge in [0.25, 0.3) is 0 Å². The predicted octanol–water partition coefficient (Wildman–Crippen LogP) is 2.68. The highest BCUT2D eigenvalue weighted by molar-refractivity contribution is 6.30. The molecule has 0 saturated carbocycles. The summed E-state index contributed by atoms with van der Waals surface area (Å²) in [6, 6.07) is 10.8. The molecular weight excluding hydrogens is 262 g/mol. The fourth-order valence-electron chi connectivity index (χ4n) is 1.89. The monoisotopic (exact) mass is 271 g/mol. The molecule has 0 radical (unpaired) electrons. The fraction of sp³-hybridized carbons (Fsp3) is 0. The van der Waals surface area contributed by atoms with Gasteiger partial charge >= 0.3 is 5.69 Å². The molecule has 0 unspecified atom stereocenters. The maximum absolute atomic E-state index is 12.3. The molecule has 0 bridgehead atoms. The average Bonchev–Trinajstić information content (AvgIpc) is 2.81. The number of hydrogen-bond donors (Lipinski definition) is 0. The van der Waals surface area contributed by atoms with Crippen LogP contribution in [0.3, 0.4) is 0 Å². The van der Waals surface area contributed by atoms with Gasteiger partial charge in [-0.15, -0.1) is 0 Å². The normalized spacial score (nSPS) is 10.6. The number of halogens is 1. The maximum atomic E-state index is 12.3. The number of pyridine rings is 1. The lowest BCUT2D eigenvalue weighted by molar-refractivity contribution is 0.904. The summed E-state index contributed by atoms with van der Waals surface area (Å²) in [5.41, 5.74) is 1.31. The fourth-order valence-corrected chi connectivity index (χ4v) is 2.08. The zero-order valence-electron chi connectivity index (χ0n) is 9.90. The van der Waals surface area contributed by atoms with Gasteiger partial charge in [-0.3, -0.25) is 14.1 Å². The van der Waals surface area contributed by atoms with Crippen LogP contribution in [-0.4, -0.2) is 14.1 Å². The second kappa shape index (κ2) is 4.74. The molecule has 0 N–H and O–H groups in total. The van der Waals surface area contributed by atoms with Crippen molar-refractivity contribution in [2.75, 3.05) is 0 Å². The largest absolute Gasteiger partial charge is 0.337 e. The van der Waals surface area contributed by atoms with Crippen LogP contribution in [0.2, 0.25) is 5.02 Å². The number of imidazole rings is 1. The molecule has 94 valence electrons. The van der Waals surface area contributed by atoms with E-state index in [1.807, 2.05) is 18.2 Å². The second-order valence-corrected chi connectivity index (χ2v) is 4.45. The Hall–Kier alpha value is -2.33. The topological polar surface area (TPSA) is 39.8 Å². The standard InChI is InChI=1S/C14H10ClN3O/c15-11-3-1-4-12(9-11)17-7-8-18(14(17)19)13-5-2-6-16-10-13/h1-10H. The van der Waals surface area contributed by atoms with Gasteiger partial charge in [0.15, 0.2) is 0 Å². The average molecular weight is 272 g/mol. The third kappa shape index (κ3) is 2.18. The maximum Gasteiger partial charge on any atom is 0.337 e. The van der Waals surface area contributed by atoms with Gasteiger partial charge in [0.05, 0.1) is 17.6 Å². The summed E-state index contributed by atoms with van der Waals surface area (Å²) in [6.45, 7) is 0. The van der Waals surface area contributed by atoms with Crippen molar-refractivity contribution >= 4 is 11.6 Å². The van der Waals surface area contributed by atoms with Crippen molar-refractivity contribution in [3.63, 3.8) is 0 Å². The predicted molar refractivity (Wildman–Crippen MR) is 74.2 cm³/mol. The van der Waals surface area contributed by atoms with E-state index in [0.29, 0.717) is 5.02 Å². The molecule has 0 atom stereocenters. The Kier molecular flexibility index (Phi) is 2.93. The Morgan fingerprint density at radius 2 is 1.74 bits per heavy atom. The first-order chi connectivity index (χ1) is 9.25. The van der Waals surface area contributed by atoms with Crippen molar-refractivity contribution in [3.05, 3.63) is 76.7 Å². The van der Waals surface area contributed by atoms with E-state index in [4.69, 9.17) is 11.6 Å². The van der Waals surface area contributed by atoms with Gasteiger partial charge in [-0.25, -0.2) is 4.79 Å². The quantitative estimate of drug-likeness (QED) is 0.719. The minimum absolute atomic E-state index is 0.157. The Morgan fingerprint density at radius 1 is 1.00 bits per heavy atom. The summed E-state index contributed by atoms with van der Waals surface area (Å²) in [5.74, 6) is 0. The lowest BCUT2D eigenvalue weighted by Gasteiger charge is -2.02. The SMILES string of the molecule is O=c1n(-c2cccnc2)ccn1-c1cccc(Cl)c1. The molecule has 3 rings (SSSR count). The van der Waals surface area contributed by atoms with Crippen LogP contribution in [0.15, 0.2) is 66.0 Å². The van der Waals surface area contributed by atoms with Crippen LogP contribution in [0.4, 0.5) is 0 Å². The van der Waals surface area contributed by atoms with E-state index in [1.165, 1.54) is 4.57 Å². The van der Waals surface area contributed by atoms with Gasteiger partial charge < -0.3 is 0 Å². The van der Waals surface area contributed by atoms with Gasteiger partial charge in [0.1, 0.15) is 0 Å². The molecule has 2 aromatic heterocycles. The van der Waals surface area contributed by atoms with Crippen molar-refractivity contribution in [2.24, 2.45) is 0 Å². The summed E-state index contributed by atoms with van der Waals surface area (Å²) >= 11 is 5.94. The summed E-state index contributed by atoms with van der Waals surface area (Å²) < 4.78 is 3.08. The molecule has 0 saturated heterocycles. The molecule has 0 spiro atoms. The minimum atomic E-state index is -0.157. The Morgan fingerprint density at radius 3 is 2.42 bits per heavy atom. The Balaban J connectivity index is 2.12.